The molecule has 33 heavy (non-hydrogen) atoms. The van der Waals surface area contributed by atoms with Crippen molar-refractivity contribution in [3.63, 3.8) is 0 Å². The van der Waals surface area contributed by atoms with Crippen LogP contribution in [0.4, 0.5) is 5.69 Å². The Bertz CT molecular complexity index is 1240. The minimum absolute atomic E-state index is 0.206. The van der Waals surface area contributed by atoms with Gasteiger partial charge in [0.1, 0.15) is 5.76 Å². The number of hydrogen-bond acceptors (Lipinski definition) is 5. The zero-order valence-corrected chi connectivity index (χ0v) is 20.1. The Labute approximate surface area is 194 Å². The fraction of sp³-hybridized carbons (Fsp3) is 0.360. The lowest BCUT2D eigenvalue weighted by Crippen LogP contribution is -2.42. The second-order valence-corrected chi connectivity index (χ2v) is 10.9. The van der Waals surface area contributed by atoms with E-state index >= 15 is 0 Å². The Morgan fingerprint density at radius 3 is 2.33 bits per heavy atom. The van der Waals surface area contributed by atoms with E-state index in [-0.39, 0.29) is 10.8 Å². The third kappa shape index (κ3) is 5.02. The van der Waals surface area contributed by atoms with E-state index in [1.807, 2.05) is 26.0 Å². The maximum atomic E-state index is 13.1. The number of nitrogens with one attached hydrogen (secondary N) is 1. The van der Waals surface area contributed by atoms with Crippen LogP contribution < -0.4 is 5.32 Å². The number of carbonyl (C=O) groups is 1. The number of amides is 1. The summed E-state index contributed by atoms with van der Waals surface area (Å²) >= 11 is 0. The average Bonchev–Trinajstić information content (AvgIpc) is 3.12. The first-order valence-corrected chi connectivity index (χ1v) is 12.5. The molecule has 1 fully saturated rings. The lowest BCUT2D eigenvalue weighted by Gasteiger charge is -2.34. The largest absolute Gasteiger partial charge is 0.441 e. The van der Waals surface area contributed by atoms with Crippen molar-refractivity contribution in [1.29, 1.82) is 0 Å². The first-order chi connectivity index (χ1) is 15.6. The topological polar surface area (TPSA) is 92.5 Å². The summed E-state index contributed by atoms with van der Waals surface area (Å²) in [4.78, 5) is 17.4. The number of nitrogens with zero attached hydrogens (tertiary/aromatic N) is 2. The van der Waals surface area contributed by atoms with Crippen LogP contribution in [0.3, 0.4) is 0 Å². The molecule has 0 saturated carbocycles. The first-order valence-electron chi connectivity index (χ1n) is 11.1. The highest BCUT2D eigenvalue weighted by molar-refractivity contribution is 7.89. The van der Waals surface area contributed by atoms with Gasteiger partial charge in [-0.05, 0) is 74.6 Å². The van der Waals surface area contributed by atoms with Gasteiger partial charge in [-0.2, -0.15) is 4.31 Å². The molecular formula is C25H29N3O4S. The molecule has 7 nitrogen and oxygen atoms in total. The second-order valence-electron chi connectivity index (χ2n) is 8.99. The summed E-state index contributed by atoms with van der Waals surface area (Å²) in [5.74, 6) is 1.58. The highest BCUT2D eigenvalue weighted by atomic mass is 32.2. The van der Waals surface area contributed by atoms with Crippen molar-refractivity contribution in [2.45, 2.75) is 39.0 Å². The number of anilines is 1. The molecule has 1 aliphatic rings. The summed E-state index contributed by atoms with van der Waals surface area (Å²) in [6.45, 7) is 8.93. The van der Waals surface area contributed by atoms with Gasteiger partial charge in [-0.15, -0.1) is 0 Å². The van der Waals surface area contributed by atoms with Crippen LogP contribution in [0.5, 0.6) is 0 Å². The summed E-state index contributed by atoms with van der Waals surface area (Å²) < 4.78 is 33.3. The Hall–Kier alpha value is -2.97. The molecule has 0 spiro atoms. The second kappa shape index (κ2) is 9.11. The van der Waals surface area contributed by atoms with Gasteiger partial charge < -0.3 is 9.73 Å². The predicted octanol–water partition coefficient (Wildman–Crippen LogP) is 4.88. The molecule has 2 unspecified atom stereocenters. The summed E-state index contributed by atoms with van der Waals surface area (Å²) in [7, 11) is -3.58. The highest BCUT2D eigenvalue weighted by Gasteiger charge is 2.31. The van der Waals surface area contributed by atoms with Crippen molar-refractivity contribution < 1.29 is 17.6 Å². The third-order valence-electron chi connectivity index (χ3n) is 5.99. The SMILES string of the molecule is Cc1nc(-c2cccc(NC(=O)c3ccc(S(=O)(=O)N4CC(C)CC(C)C4)cc3)c2)oc1C. The number of aryl methyl sites for hydroxylation is 2. The molecule has 1 saturated heterocycles. The van der Waals surface area contributed by atoms with E-state index in [0.29, 0.717) is 42.1 Å². The van der Waals surface area contributed by atoms with Crippen molar-refractivity contribution >= 4 is 21.6 Å². The molecule has 2 heterocycles. The van der Waals surface area contributed by atoms with Crippen LogP contribution in [0, 0.1) is 25.7 Å². The van der Waals surface area contributed by atoms with Crippen LogP contribution in [0.1, 0.15) is 42.1 Å². The van der Waals surface area contributed by atoms with Gasteiger partial charge in [-0.3, -0.25) is 4.79 Å². The van der Waals surface area contributed by atoms with Crippen LogP contribution in [-0.2, 0) is 10.0 Å². The van der Waals surface area contributed by atoms with Gasteiger partial charge in [0.25, 0.3) is 5.91 Å². The number of oxazole rings is 1. The number of carbonyl (C=O) groups excluding carboxylic acids is 1. The standard InChI is InChI=1S/C25H29N3O4S/c1-16-12-17(2)15-28(14-16)33(30,31)23-10-8-20(9-11-23)24(29)27-22-7-5-6-21(13-22)25-26-18(3)19(4)32-25/h5-11,13,16-17H,12,14-15H2,1-4H3,(H,27,29). The van der Waals surface area contributed by atoms with E-state index in [9.17, 15) is 13.2 Å². The molecule has 1 amide bonds. The normalized spacial score (nSPS) is 19.4. The molecule has 0 radical (unpaired) electrons. The van der Waals surface area contributed by atoms with E-state index in [4.69, 9.17) is 4.42 Å². The fourth-order valence-electron chi connectivity index (χ4n) is 4.26. The van der Waals surface area contributed by atoms with E-state index in [2.05, 4.69) is 24.1 Å². The van der Waals surface area contributed by atoms with Crippen molar-refractivity contribution in [1.82, 2.24) is 9.29 Å². The van der Waals surface area contributed by atoms with Gasteiger partial charge >= 0.3 is 0 Å². The van der Waals surface area contributed by atoms with Gasteiger partial charge in [-0.25, -0.2) is 13.4 Å². The molecule has 1 N–H and O–H groups in total. The minimum Gasteiger partial charge on any atom is -0.441 e. The number of sulfonamides is 1. The summed E-state index contributed by atoms with van der Waals surface area (Å²) in [6, 6.07) is 13.3. The van der Waals surface area contributed by atoms with Gasteiger partial charge in [-0.1, -0.05) is 19.9 Å². The maximum absolute atomic E-state index is 13.1. The molecule has 3 aromatic rings. The van der Waals surface area contributed by atoms with Gasteiger partial charge in [0, 0.05) is 29.9 Å². The van der Waals surface area contributed by atoms with Gasteiger partial charge in [0.05, 0.1) is 10.6 Å². The van der Waals surface area contributed by atoms with Crippen LogP contribution >= 0.6 is 0 Å². The predicted molar refractivity (Wildman–Crippen MR) is 128 cm³/mol. The average molecular weight is 468 g/mol. The fourth-order valence-corrected chi connectivity index (χ4v) is 5.94. The van der Waals surface area contributed by atoms with Crippen LogP contribution in [0.25, 0.3) is 11.5 Å². The van der Waals surface area contributed by atoms with Crippen molar-refractivity contribution in [2.75, 3.05) is 18.4 Å². The van der Waals surface area contributed by atoms with Crippen molar-refractivity contribution in [2.24, 2.45) is 11.8 Å². The van der Waals surface area contributed by atoms with E-state index in [1.165, 1.54) is 12.1 Å². The number of benzene rings is 2. The van der Waals surface area contributed by atoms with E-state index in [1.54, 1.807) is 28.6 Å². The number of hydrogen-bond donors (Lipinski definition) is 1. The van der Waals surface area contributed by atoms with Crippen LogP contribution in [-0.4, -0.2) is 36.7 Å². The maximum Gasteiger partial charge on any atom is 0.255 e. The Balaban J connectivity index is 1.48. The Morgan fingerprint density at radius 2 is 1.73 bits per heavy atom. The lowest BCUT2D eigenvalue weighted by molar-refractivity contribution is 0.102. The molecule has 8 heteroatoms. The molecule has 1 aliphatic heterocycles. The van der Waals surface area contributed by atoms with Crippen LogP contribution in [0.15, 0.2) is 57.8 Å². The zero-order valence-electron chi connectivity index (χ0n) is 19.3. The molecule has 174 valence electrons. The number of rotatable bonds is 5. The molecule has 2 atom stereocenters. The Kier molecular flexibility index (Phi) is 6.41. The monoisotopic (exact) mass is 467 g/mol. The Morgan fingerprint density at radius 1 is 1.06 bits per heavy atom. The zero-order chi connectivity index (χ0) is 23.8. The lowest BCUT2D eigenvalue weighted by atomic mass is 9.94. The van der Waals surface area contributed by atoms with Crippen LogP contribution in [0.2, 0.25) is 0 Å². The summed E-state index contributed by atoms with van der Waals surface area (Å²) in [5, 5.41) is 2.85. The quantitative estimate of drug-likeness (QED) is 0.577. The molecule has 4 rings (SSSR count). The molecule has 0 bridgehead atoms. The van der Waals surface area contributed by atoms with Crippen molar-refractivity contribution in [3.05, 3.63) is 65.5 Å². The number of aromatic nitrogens is 1. The smallest absolute Gasteiger partial charge is 0.255 e. The van der Waals surface area contributed by atoms with Gasteiger partial charge in [0.2, 0.25) is 15.9 Å². The number of piperidine rings is 1. The summed E-state index contributed by atoms with van der Waals surface area (Å²) in [5.41, 5.74) is 2.56. The molecule has 1 aromatic heterocycles. The first kappa shape index (κ1) is 23.2. The minimum atomic E-state index is -3.58. The van der Waals surface area contributed by atoms with Gasteiger partial charge in [0.15, 0.2) is 0 Å². The third-order valence-corrected chi connectivity index (χ3v) is 7.83. The molecule has 2 aromatic carbocycles. The highest BCUT2D eigenvalue weighted by Crippen LogP contribution is 2.27. The summed E-state index contributed by atoms with van der Waals surface area (Å²) in [6.07, 6.45) is 1.03. The molecule has 0 aliphatic carbocycles. The van der Waals surface area contributed by atoms with E-state index < -0.39 is 10.0 Å². The van der Waals surface area contributed by atoms with Crippen molar-refractivity contribution in [3.8, 4) is 11.5 Å². The molecular weight excluding hydrogens is 438 g/mol. The van der Waals surface area contributed by atoms with E-state index in [0.717, 1.165) is 23.4 Å².